The molecule has 4 rings (SSSR count). The minimum Gasteiger partial charge on any atom is -0.487 e. The Kier molecular flexibility index (Phi) is 4.88. The van der Waals surface area contributed by atoms with Crippen LogP contribution in [-0.2, 0) is 6.61 Å². The van der Waals surface area contributed by atoms with E-state index in [1.807, 2.05) is 36.4 Å². The van der Waals surface area contributed by atoms with Crippen molar-refractivity contribution in [1.29, 1.82) is 0 Å². The van der Waals surface area contributed by atoms with Crippen LogP contribution in [0.15, 0.2) is 42.6 Å². The highest BCUT2D eigenvalue weighted by molar-refractivity contribution is 6.32. The average Bonchev–Trinajstić information content (AvgIpc) is 2.89. The number of hydrogen-bond donors (Lipinski definition) is 0. The van der Waals surface area contributed by atoms with Crippen LogP contribution in [0.5, 0.6) is 5.75 Å². The number of hydrogen-bond acceptors (Lipinski definition) is 3. The topological polar surface area (TPSA) is 39.4 Å². The van der Waals surface area contributed by atoms with Crippen LogP contribution in [0.1, 0.15) is 55.8 Å². The van der Waals surface area contributed by atoms with Gasteiger partial charge in [-0.15, -0.1) is 10.2 Å². The fraction of sp³-hybridized carbons (Fsp3) is 0.400. The molecule has 0 spiro atoms. The zero-order chi connectivity index (χ0) is 17.1. The highest BCUT2D eigenvalue weighted by Gasteiger charge is 2.20. The molecule has 0 bridgehead atoms. The lowest BCUT2D eigenvalue weighted by molar-refractivity contribution is 0.307. The van der Waals surface area contributed by atoms with E-state index in [9.17, 15) is 0 Å². The van der Waals surface area contributed by atoms with E-state index in [2.05, 4.69) is 20.8 Å². The number of aromatic nitrogens is 3. The lowest BCUT2D eigenvalue weighted by Crippen LogP contribution is -2.05. The van der Waals surface area contributed by atoms with Gasteiger partial charge in [0.05, 0.1) is 5.02 Å². The van der Waals surface area contributed by atoms with E-state index in [1.54, 1.807) is 0 Å². The third kappa shape index (κ3) is 3.49. The summed E-state index contributed by atoms with van der Waals surface area (Å²) >= 11 is 6.17. The normalized spacial score (nSPS) is 16.0. The van der Waals surface area contributed by atoms with E-state index in [1.165, 1.54) is 38.5 Å². The average molecular weight is 356 g/mol. The SMILES string of the molecule is Clc1ccccc1OCc1cccn2c(C3CCCCCC3)nnc12. The van der Waals surface area contributed by atoms with Gasteiger partial charge in [-0.3, -0.25) is 4.40 Å². The minimum absolute atomic E-state index is 0.427. The Labute approximate surface area is 152 Å². The fourth-order valence-electron chi connectivity index (χ4n) is 3.64. The van der Waals surface area contributed by atoms with E-state index in [-0.39, 0.29) is 0 Å². The molecule has 25 heavy (non-hydrogen) atoms. The van der Waals surface area contributed by atoms with Gasteiger partial charge in [0.2, 0.25) is 0 Å². The van der Waals surface area contributed by atoms with Gasteiger partial charge in [-0.2, -0.15) is 0 Å². The summed E-state index contributed by atoms with van der Waals surface area (Å²) in [7, 11) is 0. The molecule has 1 aromatic carbocycles. The molecule has 4 nitrogen and oxygen atoms in total. The molecule has 0 aliphatic heterocycles. The molecule has 3 aromatic rings. The maximum absolute atomic E-state index is 6.17. The Morgan fingerprint density at radius 1 is 1.00 bits per heavy atom. The summed E-state index contributed by atoms with van der Waals surface area (Å²) in [6.07, 6.45) is 9.73. The number of para-hydroxylation sites is 1. The monoisotopic (exact) mass is 355 g/mol. The molecule has 0 atom stereocenters. The van der Waals surface area contributed by atoms with Crippen molar-refractivity contribution in [3.63, 3.8) is 0 Å². The molecule has 0 N–H and O–H groups in total. The number of pyridine rings is 1. The summed E-state index contributed by atoms with van der Waals surface area (Å²) in [6, 6.07) is 11.6. The van der Waals surface area contributed by atoms with Crippen molar-refractivity contribution >= 4 is 17.2 Å². The van der Waals surface area contributed by atoms with Crippen molar-refractivity contribution in [2.45, 2.75) is 51.0 Å². The van der Waals surface area contributed by atoms with E-state index >= 15 is 0 Å². The van der Waals surface area contributed by atoms with Gasteiger partial charge < -0.3 is 4.74 Å². The first kappa shape index (κ1) is 16.4. The molecular weight excluding hydrogens is 334 g/mol. The maximum Gasteiger partial charge on any atom is 0.167 e. The molecule has 1 fully saturated rings. The van der Waals surface area contributed by atoms with Crippen LogP contribution < -0.4 is 4.74 Å². The Hall–Kier alpha value is -2.07. The smallest absolute Gasteiger partial charge is 0.167 e. The van der Waals surface area contributed by atoms with Crippen molar-refractivity contribution < 1.29 is 4.74 Å². The standard InChI is InChI=1S/C20H22ClN3O/c21-17-11-5-6-12-18(17)25-14-16-10-7-13-24-19(22-23-20(16)24)15-8-3-1-2-4-9-15/h5-7,10-13,15H,1-4,8-9,14H2. The van der Waals surface area contributed by atoms with E-state index in [0.717, 1.165) is 17.0 Å². The number of rotatable bonds is 4. The highest BCUT2D eigenvalue weighted by atomic mass is 35.5. The second-order valence-corrected chi connectivity index (χ2v) is 7.10. The quantitative estimate of drug-likeness (QED) is 0.588. The van der Waals surface area contributed by atoms with E-state index in [0.29, 0.717) is 23.3 Å². The van der Waals surface area contributed by atoms with Gasteiger partial charge in [-0.25, -0.2) is 0 Å². The summed E-state index contributed by atoms with van der Waals surface area (Å²) in [5.74, 6) is 2.29. The van der Waals surface area contributed by atoms with Crippen molar-refractivity contribution in [2.24, 2.45) is 0 Å². The van der Waals surface area contributed by atoms with Crippen LogP contribution in [0.4, 0.5) is 0 Å². The van der Waals surface area contributed by atoms with E-state index < -0.39 is 0 Å². The Balaban J connectivity index is 1.59. The first-order chi connectivity index (χ1) is 12.3. The summed E-state index contributed by atoms with van der Waals surface area (Å²) in [5.41, 5.74) is 1.91. The second-order valence-electron chi connectivity index (χ2n) is 6.69. The summed E-state index contributed by atoms with van der Waals surface area (Å²) < 4.78 is 8.03. The number of benzene rings is 1. The molecule has 0 unspecified atom stereocenters. The Morgan fingerprint density at radius 2 is 1.80 bits per heavy atom. The third-order valence-electron chi connectivity index (χ3n) is 4.98. The molecule has 1 aliphatic rings. The Bertz CT molecular complexity index is 853. The molecule has 0 radical (unpaired) electrons. The van der Waals surface area contributed by atoms with Crippen molar-refractivity contribution in [3.05, 3.63) is 59.0 Å². The van der Waals surface area contributed by atoms with Gasteiger partial charge in [0, 0.05) is 17.7 Å². The highest BCUT2D eigenvalue weighted by Crippen LogP contribution is 2.31. The first-order valence-electron chi connectivity index (χ1n) is 9.03. The van der Waals surface area contributed by atoms with Crippen LogP contribution in [0.25, 0.3) is 5.65 Å². The molecule has 1 aliphatic carbocycles. The molecule has 1 saturated carbocycles. The lowest BCUT2D eigenvalue weighted by atomic mass is 9.99. The van der Waals surface area contributed by atoms with Gasteiger partial charge in [0.1, 0.15) is 18.2 Å². The molecule has 2 heterocycles. The zero-order valence-corrected chi connectivity index (χ0v) is 15.0. The maximum atomic E-state index is 6.17. The summed E-state index contributed by atoms with van der Waals surface area (Å²) in [6.45, 7) is 0.427. The molecule has 5 heteroatoms. The second kappa shape index (κ2) is 7.44. The van der Waals surface area contributed by atoms with Crippen molar-refractivity contribution in [1.82, 2.24) is 14.6 Å². The first-order valence-corrected chi connectivity index (χ1v) is 9.40. The van der Waals surface area contributed by atoms with E-state index in [4.69, 9.17) is 16.3 Å². The number of fused-ring (bicyclic) bond motifs is 1. The van der Waals surface area contributed by atoms with Gasteiger partial charge in [0.25, 0.3) is 0 Å². The summed E-state index contributed by atoms with van der Waals surface area (Å²) in [4.78, 5) is 0. The molecule has 2 aromatic heterocycles. The molecule has 0 amide bonds. The third-order valence-corrected chi connectivity index (χ3v) is 5.29. The lowest BCUT2D eigenvalue weighted by Gasteiger charge is -2.12. The Morgan fingerprint density at radius 3 is 2.60 bits per heavy atom. The van der Waals surface area contributed by atoms with Gasteiger partial charge in [-0.1, -0.05) is 55.5 Å². The van der Waals surface area contributed by atoms with Crippen molar-refractivity contribution in [2.75, 3.05) is 0 Å². The van der Waals surface area contributed by atoms with Crippen LogP contribution in [0.2, 0.25) is 5.02 Å². The molecule has 130 valence electrons. The van der Waals surface area contributed by atoms with Crippen LogP contribution in [-0.4, -0.2) is 14.6 Å². The number of ether oxygens (including phenoxy) is 1. The number of nitrogens with zero attached hydrogens (tertiary/aromatic N) is 3. The van der Waals surface area contributed by atoms with Gasteiger partial charge in [-0.05, 0) is 31.0 Å². The number of halogens is 1. The van der Waals surface area contributed by atoms with Gasteiger partial charge in [0.15, 0.2) is 5.65 Å². The fourth-order valence-corrected chi connectivity index (χ4v) is 3.83. The van der Waals surface area contributed by atoms with Crippen LogP contribution in [0, 0.1) is 0 Å². The molecular formula is C20H22ClN3O. The predicted molar refractivity (Wildman–Crippen MR) is 99.2 cm³/mol. The largest absolute Gasteiger partial charge is 0.487 e. The minimum atomic E-state index is 0.427. The zero-order valence-electron chi connectivity index (χ0n) is 14.2. The van der Waals surface area contributed by atoms with Crippen molar-refractivity contribution in [3.8, 4) is 5.75 Å². The predicted octanol–water partition coefficient (Wildman–Crippen LogP) is 5.40. The van der Waals surface area contributed by atoms with Crippen LogP contribution >= 0.6 is 11.6 Å². The van der Waals surface area contributed by atoms with Gasteiger partial charge >= 0.3 is 0 Å². The van der Waals surface area contributed by atoms with Crippen LogP contribution in [0.3, 0.4) is 0 Å². The molecule has 0 saturated heterocycles. The summed E-state index contributed by atoms with van der Waals surface area (Å²) in [5, 5.41) is 9.60.